The van der Waals surface area contributed by atoms with Crippen molar-refractivity contribution in [1.82, 2.24) is 4.98 Å². The van der Waals surface area contributed by atoms with Crippen molar-refractivity contribution in [2.45, 2.75) is 19.8 Å². The fourth-order valence-electron chi connectivity index (χ4n) is 1.90. The third-order valence-corrected chi connectivity index (χ3v) is 3.39. The number of pyridine rings is 1. The van der Waals surface area contributed by atoms with Crippen molar-refractivity contribution < 1.29 is 13.9 Å². The zero-order chi connectivity index (χ0) is 14.8. The van der Waals surface area contributed by atoms with E-state index in [1.165, 1.54) is 12.8 Å². The molecule has 1 heterocycles. The lowest BCUT2D eigenvalue weighted by Gasteiger charge is -2.11. The summed E-state index contributed by atoms with van der Waals surface area (Å²) in [4.78, 5) is 4.20. The molecule has 4 nitrogen and oxygen atoms in total. The van der Waals surface area contributed by atoms with E-state index in [9.17, 15) is 4.39 Å². The number of hydrogen-bond acceptors (Lipinski definition) is 4. The molecule has 0 amide bonds. The van der Waals surface area contributed by atoms with Gasteiger partial charge in [-0.25, -0.2) is 4.39 Å². The summed E-state index contributed by atoms with van der Waals surface area (Å²) < 4.78 is 25.0. The first kappa shape index (κ1) is 13.7. The molecule has 0 saturated heterocycles. The Morgan fingerprint density at radius 3 is 2.86 bits per heavy atom. The van der Waals surface area contributed by atoms with E-state index in [0.29, 0.717) is 29.7 Å². The predicted molar refractivity (Wildman–Crippen MR) is 78.1 cm³/mol. The molecular formula is C16H17FN2O2. The van der Waals surface area contributed by atoms with Gasteiger partial charge in [-0.15, -0.1) is 0 Å². The molecule has 21 heavy (non-hydrogen) atoms. The first-order valence-electron chi connectivity index (χ1n) is 6.96. The molecule has 110 valence electrons. The Morgan fingerprint density at radius 2 is 2.10 bits per heavy atom. The summed E-state index contributed by atoms with van der Waals surface area (Å²) in [6.07, 6.45) is 2.37. The van der Waals surface area contributed by atoms with Gasteiger partial charge in [0, 0.05) is 6.07 Å². The first-order valence-corrected chi connectivity index (χ1v) is 6.96. The van der Waals surface area contributed by atoms with Crippen LogP contribution < -0.4 is 15.2 Å². The van der Waals surface area contributed by atoms with E-state index in [0.717, 1.165) is 0 Å². The molecular weight excluding hydrogens is 271 g/mol. The van der Waals surface area contributed by atoms with Gasteiger partial charge in [-0.2, -0.15) is 4.98 Å². The molecule has 1 aromatic heterocycles. The van der Waals surface area contributed by atoms with Gasteiger partial charge in [0.2, 0.25) is 11.8 Å². The lowest BCUT2D eigenvalue weighted by Crippen LogP contribution is -2.04. The molecule has 1 aliphatic carbocycles. The van der Waals surface area contributed by atoms with Gasteiger partial charge in [0.05, 0.1) is 12.3 Å². The number of rotatable bonds is 5. The number of aromatic nitrogens is 1. The molecule has 0 atom stereocenters. The fraction of sp³-hybridized carbons (Fsp3) is 0.312. The maximum absolute atomic E-state index is 13.9. The second-order valence-corrected chi connectivity index (χ2v) is 5.29. The lowest BCUT2D eigenvalue weighted by atomic mass is 10.2. The molecule has 2 N–H and O–H groups in total. The minimum Gasteiger partial charge on any atom is -0.476 e. The average molecular weight is 288 g/mol. The Balaban J connectivity index is 1.78. The van der Waals surface area contributed by atoms with Crippen molar-refractivity contribution in [1.29, 1.82) is 0 Å². The summed E-state index contributed by atoms with van der Waals surface area (Å²) in [5, 5.41) is 0. The highest BCUT2D eigenvalue weighted by Crippen LogP contribution is 2.32. The van der Waals surface area contributed by atoms with Crippen LogP contribution in [0.25, 0.3) is 0 Å². The van der Waals surface area contributed by atoms with Crippen LogP contribution in [0, 0.1) is 18.7 Å². The third kappa shape index (κ3) is 3.24. The van der Waals surface area contributed by atoms with Gasteiger partial charge in [0.15, 0.2) is 11.6 Å². The fourth-order valence-corrected chi connectivity index (χ4v) is 1.90. The Hall–Kier alpha value is -2.30. The van der Waals surface area contributed by atoms with Gasteiger partial charge in [0.1, 0.15) is 0 Å². The summed E-state index contributed by atoms with van der Waals surface area (Å²) in [6.45, 7) is 2.29. The first-order chi connectivity index (χ1) is 10.1. The molecule has 2 aromatic rings. The Kier molecular flexibility index (Phi) is 3.64. The number of anilines is 1. The summed E-state index contributed by atoms with van der Waals surface area (Å²) in [5.41, 5.74) is 6.80. The minimum absolute atomic E-state index is 0.139. The Labute approximate surface area is 122 Å². The second-order valence-electron chi connectivity index (χ2n) is 5.29. The molecule has 5 heteroatoms. The molecule has 1 saturated carbocycles. The largest absolute Gasteiger partial charge is 0.476 e. The van der Waals surface area contributed by atoms with E-state index in [2.05, 4.69) is 4.98 Å². The van der Waals surface area contributed by atoms with Gasteiger partial charge in [0.25, 0.3) is 0 Å². The summed E-state index contributed by atoms with van der Waals surface area (Å²) in [5.74, 6) is 0.953. The monoisotopic (exact) mass is 288 g/mol. The Bertz CT molecular complexity index is 657. The van der Waals surface area contributed by atoms with Crippen LogP contribution in [0.5, 0.6) is 17.5 Å². The maximum Gasteiger partial charge on any atom is 0.240 e. The van der Waals surface area contributed by atoms with Crippen LogP contribution in [-0.4, -0.2) is 11.6 Å². The SMILES string of the molecule is Cc1cccc(Oc2ccc(N)c(OCC3CC3)n2)c1F. The molecule has 0 spiro atoms. The standard InChI is InChI=1S/C16H17FN2O2/c1-10-3-2-4-13(15(10)17)21-14-8-7-12(18)16(19-14)20-9-11-5-6-11/h2-4,7-8,11H,5-6,9,18H2,1H3. The van der Waals surface area contributed by atoms with E-state index in [-0.39, 0.29) is 11.6 Å². The van der Waals surface area contributed by atoms with Crippen LogP contribution in [0.3, 0.4) is 0 Å². The third-order valence-electron chi connectivity index (χ3n) is 3.39. The average Bonchev–Trinajstić information content (AvgIpc) is 3.28. The van der Waals surface area contributed by atoms with E-state index in [4.69, 9.17) is 15.2 Å². The maximum atomic E-state index is 13.9. The molecule has 0 radical (unpaired) electrons. The molecule has 0 bridgehead atoms. The normalized spacial score (nSPS) is 14.0. The predicted octanol–water partition coefficient (Wildman–Crippen LogP) is 3.69. The molecule has 0 unspecified atom stereocenters. The number of halogens is 1. The van der Waals surface area contributed by atoms with Crippen molar-refractivity contribution in [3.8, 4) is 17.5 Å². The van der Waals surface area contributed by atoms with Gasteiger partial charge in [-0.05, 0) is 43.4 Å². The van der Waals surface area contributed by atoms with E-state index >= 15 is 0 Å². The zero-order valence-electron chi connectivity index (χ0n) is 11.8. The number of hydrogen-bond donors (Lipinski definition) is 1. The number of nitrogens with two attached hydrogens (primary N) is 1. The molecule has 1 aliphatic rings. The van der Waals surface area contributed by atoms with Crippen LogP contribution in [0.4, 0.5) is 10.1 Å². The quantitative estimate of drug-likeness (QED) is 0.911. The second kappa shape index (κ2) is 5.60. The van der Waals surface area contributed by atoms with Gasteiger partial charge >= 0.3 is 0 Å². The van der Waals surface area contributed by atoms with Gasteiger partial charge in [-0.1, -0.05) is 12.1 Å². The van der Waals surface area contributed by atoms with E-state index in [1.807, 2.05) is 0 Å². The van der Waals surface area contributed by atoms with Gasteiger partial charge < -0.3 is 15.2 Å². The molecule has 3 rings (SSSR count). The number of aryl methyl sites for hydroxylation is 1. The Morgan fingerprint density at radius 1 is 1.29 bits per heavy atom. The lowest BCUT2D eigenvalue weighted by molar-refractivity contribution is 0.286. The van der Waals surface area contributed by atoms with Crippen molar-refractivity contribution in [2.24, 2.45) is 5.92 Å². The van der Waals surface area contributed by atoms with Gasteiger partial charge in [-0.3, -0.25) is 0 Å². The van der Waals surface area contributed by atoms with Crippen molar-refractivity contribution in [3.63, 3.8) is 0 Å². The van der Waals surface area contributed by atoms with E-state index < -0.39 is 5.82 Å². The van der Waals surface area contributed by atoms with Crippen molar-refractivity contribution in [3.05, 3.63) is 41.7 Å². The minimum atomic E-state index is -0.392. The van der Waals surface area contributed by atoms with E-state index in [1.54, 1.807) is 37.3 Å². The topological polar surface area (TPSA) is 57.4 Å². The molecule has 1 fully saturated rings. The summed E-state index contributed by atoms with van der Waals surface area (Å²) >= 11 is 0. The van der Waals surface area contributed by atoms with Crippen molar-refractivity contribution >= 4 is 5.69 Å². The van der Waals surface area contributed by atoms with Crippen molar-refractivity contribution in [2.75, 3.05) is 12.3 Å². The number of ether oxygens (including phenoxy) is 2. The molecule has 0 aliphatic heterocycles. The van der Waals surface area contributed by atoms with Crippen LogP contribution in [0.1, 0.15) is 18.4 Å². The highest BCUT2D eigenvalue weighted by atomic mass is 19.1. The number of nitrogens with zero attached hydrogens (tertiary/aromatic N) is 1. The molecule has 1 aromatic carbocycles. The van der Waals surface area contributed by atoms with Crippen LogP contribution >= 0.6 is 0 Å². The smallest absolute Gasteiger partial charge is 0.240 e. The van der Waals surface area contributed by atoms with Crippen LogP contribution in [0.2, 0.25) is 0 Å². The zero-order valence-corrected chi connectivity index (χ0v) is 11.8. The van der Waals surface area contributed by atoms with Crippen LogP contribution in [0.15, 0.2) is 30.3 Å². The summed E-state index contributed by atoms with van der Waals surface area (Å²) in [7, 11) is 0. The number of nitrogen functional groups attached to an aromatic ring is 1. The highest BCUT2D eigenvalue weighted by Gasteiger charge is 2.22. The number of benzene rings is 1. The highest BCUT2D eigenvalue weighted by molar-refractivity contribution is 5.49. The van der Waals surface area contributed by atoms with Crippen LogP contribution in [-0.2, 0) is 0 Å². The summed E-state index contributed by atoms with van der Waals surface area (Å²) in [6, 6.07) is 8.22.